The van der Waals surface area contributed by atoms with Gasteiger partial charge in [-0.25, -0.2) is 0 Å². The molecule has 5 nitrogen and oxygen atoms in total. The van der Waals surface area contributed by atoms with Gasteiger partial charge in [-0.3, -0.25) is 14.9 Å². The van der Waals surface area contributed by atoms with Crippen molar-refractivity contribution in [3.63, 3.8) is 0 Å². The number of amides is 1. The number of nitrogens with zero attached hydrogens (tertiary/aromatic N) is 2. The van der Waals surface area contributed by atoms with E-state index in [0.29, 0.717) is 5.69 Å². The summed E-state index contributed by atoms with van der Waals surface area (Å²) < 4.78 is 0. The zero-order valence-corrected chi connectivity index (χ0v) is 14.1. The number of carbonyl (C=O) groups is 1. The Morgan fingerprint density at radius 2 is 1.80 bits per heavy atom. The predicted molar refractivity (Wildman–Crippen MR) is 95.3 cm³/mol. The highest BCUT2D eigenvalue weighted by Crippen LogP contribution is 2.25. The van der Waals surface area contributed by atoms with Crippen molar-refractivity contribution >= 4 is 5.91 Å². The summed E-state index contributed by atoms with van der Waals surface area (Å²) in [4.78, 5) is 17.0. The van der Waals surface area contributed by atoms with Crippen molar-refractivity contribution in [2.24, 2.45) is 0 Å². The summed E-state index contributed by atoms with van der Waals surface area (Å²) in [5, 5.41) is 10.4. The number of hydrogen-bond donors (Lipinski definition) is 2. The number of aromatic amines is 1. The predicted octanol–water partition coefficient (Wildman–Crippen LogP) is 3.12. The van der Waals surface area contributed by atoms with Crippen LogP contribution in [0.3, 0.4) is 0 Å². The molecule has 1 aliphatic carbocycles. The molecule has 0 aliphatic heterocycles. The number of pyridine rings is 1. The quantitative estimate of drug-likeness (QED) is 0.771. The van der Waals surface area contributed by atoms with E-state index in [9.17, 15) is 4.79 Å². The maximum absolute atomic E-state index is 12.9. The van der Waals surface area contributed by atoms with Crippen LogP contribution in [0.5, 0.6) is 0 Å². The highest BCUT2D eigenvalue weighted by atomic mass is 16.2. The fourth-order valence-electron chi connectivity index (χ4n) is 3.38. The number of rotatable bonds is 4. The van der Waals surface area contributed by atoms with Crippen LogP contribution in [0.4, 0.5) is 0 Å². The molecule has 1 aliphatic rings. The minimum Gasteiger partial charge on any atom is -0.340 e. The van der Waals surface area contributed by atoms with E-state index in [1.165, 1.54) is 5.56 Å². The van der Waals surface area contributed by atoms with Crippen molar-refractivity contribution in [1.29, 1.82) is 0 Å². The summed E-state index contributed by atoms with van der Waals surface area (Å²) in [7, 11) is 0. The molecule has 0 spiro atoms. The lowest BCUT2D eigenvalue weighted by Gasteiger charge is -2.19. The molecular weight excluding hydrogens is 312 g/mol. The number of aryl methyl sites for hydroxylation is 2. The summed E-state index contributed by atoms with van der Waals surface area (Å²) >= 11 is 0. The van der Waals surface area contributed by atoms with Crippen molar-refractivity contribution in [3.05, 3.63) is 82.4 Å². The van der Waals surface area contributed by atoms with Gasteiger partial charge in [-0.2, -0.15) is 5.10 Å². The van der Waals surface area contributed by atoms with Crippen LogP contribution in [0.25, 0.3) is 0 Å². The zero-order valence-electron chi connectivity index (χ0n) is 14.1. The Hall–Kier alpha value is -2.95. The van der Waals surface area contributed by atoms with E-state index < -0.39 is 0 Å². The highest BCUT2D eigenvalue weighted by Gasteiger charge is 2.25. The summed E-state index contributed by atoms with van der Waals surface area (Å²) in [6.07, 6.45) is 6.46. The van der Waals surface area contributed by atoms with Crippen molar-refractivity contribution in [2.75, 3.05) is 0 Å². The molecule has 1 atom stereocenters. The minimum absolute atomic E-state index is 0.137. The third kappa shape index (κ3) is 3.05. The first kappa shape index (κ1) is 15.6. The summed E-state index contributed by atoms with van der Waals surface area (Å²) in [5.41, 5.74) is 5.92. The highest BCUT2D eigenvalue weighted by molar-refractivity contribution is 5.94. The Morgan fingerprint density at radius 3 is 2.56 bits per heavy atom. The van der Waals surface area contributed by atoms with Crippen molar-refractivity contribution in [3.8, 4) is 0 Å². The van der Waals surface area contributed by atoms with Crippen LogP contribution < -0.4 is 5.32 Å². The molecule has 4 rings (SSSR count). The molecule has 5 heteroatoms. The van der Waals surface area contributed by atoms with Gasteiger partial charge < -0.3 is 5.32 Å². The summed E-state index contributed by atoms with van der Waals surface area (Å²) in [5.74, 6) is -0.137. The standard InChI is InChI=1S/C20H20N4O/c1-13-5-7-14(8-6-13)18(15-9-11-21-12-10-15)22-20(25)19-16-3-2-4-17(16)23-24-19/h5-12,18H,2-4H2,1H3,(H,22,25)(H,23,24)/t18-/m1/s1. The van der Waals surface area contributed by atoms with Crippen molar-refractivity contribution in [2.45, 2.75) is 32.2 Å². The second-order valence-electron chi connectivity index (χ2n) is 6.48. The topological polar surface area (TPSA) is 70.7 Å². The molecule has 2 N–H and O–H groups in total. The van der Waals surface area contributed by atoms with Gasteiger partial charge in [-0.05, 0) is 49.4 Å². The largest absolute Gasteiger partial charge is 0.340 e. The van der Waals surface area contributed by atoms with Crippen LogP contribution in [0.15, 0.2) is 48.8 Å². The lowest BCUT2D eigenvalue weighted by atomic mass is 9.98. The number of benzene rings is 1. The first-order valence-corrected chi connectivity index (χ1v) is 8.56. The molecule has 126 valence electrons. The van der Waals surface area contributed by atoms with Gasteiger partial charge in [0.05, 0.1) is 6.04 Å². The molecule has 0 saturated heterocycles. The fraction of sp³-hybridized carbons (Fsp3) is 0.250. The number of H-pyrrole nitrogens is 1. The average molecular weight is 332 g/mol. The number of fused-ring (bicyclic) bond motifs is 1. The van der Waals surface area contributed by atoms with Crippen molar-refractivity contribution in [1.82, 2.24) is 20.5 Å². The molecule has 1 amide bonds. The van der Waals surface area contributed by atoms with E-state index >= 15 is 0 Å². The van der Waals surface area contributed by atoms with Gasteiger partial charge in [-0.1, -0.05) is 29.8 Å². The molecule has 0 fully saturated rings. The second-order valence-corrected chi connectivity index (χ2v) is 6.48. The van der Waals surface area contributed by atoms with Crippen LogP contribution in [-0.4, -0.2) is 21.1 Å². The second kappa shape index (κ2) is 6.51. The van der Waals surface area contributed by atoms with Gasteiger partial charge in [0.1, 0.15) is 0 Å². The monoisotopic (exact) mass is 332 g/mol. The van der Waals surface area contributed by atoms with Crippen molar-refractivity contribution < 1.29 is 4.79 Å². The molecule has 0 unspecified atom stereocenters. The van der Waals surface area contributed by atoms with Gasteiger partial charge in [-0.15, -0.1) is 0 Å². The molecule has 1 aromatic carbocycles. The maximum atomic E-state index is 12.9. The fourth-order valence-corrected chi connectivity index (χ4v) is 3.38. The molecule has 3 aromatic rings. The van der Waals surface area contributed by atoms with Gasteiger partial charge in [0.15, 0.2) is 5.69 Å². The zero-order chi connectivity index (χ0) is 17.2. The Kier molecular flexibility index (Phi) is 4.06. The number of aromatic nitrogens is 3. The van der Waals surface area contributed by atoms with Crippen LogP contribution >= 0.6 is 0 Å². The Labute approximate surface area is 146 Å². The molecule has 0 saturated carbocycles. The average Bonchev–Trinajstić information content (AvgIpc) is 3.25. The van der Waals surface area contributed by atoms with Crippen LogP contribution in [0, 0.1) is 6.92 Å². The van der Waals surface area contributed by atoms with Gasteiger partial charge in [0.25, 0.3) is 5.91 Å². The summed E-state index contributed by atoms with van der Waals surface area (Å²) in [6, 6.07) is 11.8. The number of carbonyl (C=O) groups excluding carboxylic acids is 1. The van der Waals surface area contributed by atoms with E-state index in [1.807, 2.05) is 12.1 Å². The molecule has 0 radical (unpaired) electrons. The molecule has 0 bridgehead atoms. The third-order valence-corrected chi connectivity index (χ3v) is 4.75. The van der Waals surface area contributed by atoms with Gasteiger partial charge in [0.2, 0.25) is 0 Å². The Morgan fingerprint density at radius 1 is 1.08 bits per heavy atom. The molecule has 25 heavy (non-hydrogen) atoms. The van der Waals surface area contributed by atoms with Crippen LogP contribution in [0.2, 0.25) is 0 Å². The van der Waals surface area contributed by atoms with Crippen LogP contribution in [0.1, 0.15) is 50.9 Å². The van der Waals surface area contributed by atoms with Gasteiger partial charge >= 0.3 is 0 Å². The number of nitrogens with one attached hydrogen (secondary N) is 2. The normalized spacial score (nSPS) is 14.1. The van der Waals surface area contributed by atoms with E-state index in [2.05, 4.69) is 51.7 Å². The molecule has 2 heterocycles. The lowest BCUT2D eigenvalue weighted by molar-refractivity contribution is 0.0937. The Bertz CT molecular complexity index is 884. The SMILES string of the molecule is Cc1ccc([C@@H](NC(=O)c2n[nH]c3c2CCC3)c2ccncc2)cc1. The first-order chi connectivity index (χ1) is 12.2. The van der Waals surface area contributed by atoms with Gasteiger partial charge in [0, 0.05) is 23.7 Å². The van der Waals surface area contributed by atoms with E-state index in [1.54, 1.807) is 12.4 Å². The molecule has 2 aromatic heterocycles. The molecular formula is C20H20N4O. The maximum Gasteiger partial charge on any atom is 0.272 e. The third-order valence-electron chi connectivity index (χ3n) is 4.75. The van der Waals surface area contributed by atoms with E-state index in [-0.39, 0.29) is 11.9 Å². The lowest BCUT2D eigenvalue weighted by Crippen LogP contribution is -2.30. The van der Waals surface area contributed by atoms with E-state index in [0.717, 1.165) is 41.6 Å². The number of hydrogen-bond acceptors (Lipinski definition) is 3. The smallest absolute Gasteiger partial charge is 0.272 e. The minimum atomic E-state index is -0.232. The Balaban J connectivity index is 1.66. The van der Waals surface area contributed by atoms with E-state index in [4.69, 9.17) is 0 Å². The summed E-state index contributed by atoms with van der Waals surface area (Å²) in [6.45, 7) is 2.05. The first-order valence-electron chi connectivity index (χ1n) is 8.56. The van der Waals surface area contributed by atoms with Crippen LogP contribution in [-0.2, 0) is 12.8 Å².